The first kappa shape index (κ1) is 24.5. The minimum absolute atomic E-state index is 0.119. The molecule has 2 N–H and O–H groups in total. The number of imidazole rings is 1. The Labute approximate surface area is 224 Å². The molecule has 4 fully saturated rings. The Kier molecular flexibility index (Phi) is 5.95. The number of hydrogen-bond acceptors (Lipinski definition) is 8. The quantitative estimate of drug-likeness (QED) is 0.315. The van der Waals surface area contributed by atoms with Gasteiger partial charge in [-0.25, -0.2) is 0 Å². The van der Waals surface area contributed by atoms with Crippen LogP contribution in [0.5, 0.6) is 0 Å². The summed E-state index contributed by atoms with van der Waals surface area (Å²) in [7, 11) is 0. The van der Waals surface area contributed by atoms with Gasteiger partial charge in [0.15, 0.2) is 0 Å². The molecule has 0 amide bonds. The van der Waals surface area contributed by atoms with Crippen molar-refractivity contribution in [3.05, 3.63) is 22.5 Å². The Morgan fingerprint density at radius 3 is 2.62 bits per heavy atom. The van der Waals surface area contributed by atoms with E-state index in [2.05, 4.69) is 43.4 Å². The number of ether oxygens (including phenoxy) is 1. The average Bonchev–Trinajstić information content (AvgIpc) is 3.73. The number of aliphatic hydroxyl groups is 1. The molecule has 1 spiro atoms. The topological polar surface area (TPSA) is 87.8 Å². The number of hydrogen-bond donors (Lipinski definition) is 2. The Bertz CT molecular complexity index is 1330. The molecule has 1 atom stereocenters. The van der Waals surface area contributed by atoms with Crippen molar-refractivity contribution in [3.63, 3.8) is 0 Å². The number of alkyl halides is 2. The number of anilines is 1. The summed E-state index contributed by atoms with van der Waals surface area (Å²) in [6.07, 6.45) is 5.23. The van der Waals surface area contributed by atoms with Crippen LogP contribution in [-0.2, 0) is 4.74 Å². The van der Waals surface area contributed by atoms with Crippen LogP contribution in [0.3, 0.4) is 0 Å². The summed E-state index contributed by atoms with van der Waals surface area (Å²) in [5, 5.41) is 18.6. The number of piperidine rings is 1. The molecule has 0 aromatic carbocycles. The molecular weight excluding hydrogens is 565 g/mol. The molecular formula is C25H30F2N6O2SSe. The van der Waals surface area contributed by atoms with Gasteiger partial charge in [-0.2, -0.15) is 0 Å². The number of fused-ring (bicyclic) bond motifs is 1. The normalized spacial score (nSPS) is 24.6. The van der Waals surface area contributed by atoms with Crippen LogP contribution < -0.4 is 9.62 Å². The van der Waals surface area contributed by atoms with Gasteiger partial charge < -0.3 is 0 Å². The fraction of sp³-hybridized carbons (Fsp3) is 0.640. The summed E-state index contributed by atoms with van der Waals surface area (Å²) < 4.78 is 38.7. The van der Waals surface area contributed by atoms with Crippen LogP contribution >= 0.6 is 11.9 Å². The van der Waals surface area contributed by atoms with Crippen LogP contribution in [0, 0.1) is 5.41 Å². The van der Waals surface area contributed by atoms with Gasteiger partial charge in [0, 0.05) is 0 Å². The Morgan fingerprint density at radius 1 is 1.22 bits per heavy atom. The van der Waals surface area contributed by atoms with Crippen LogP contribution in [0.4, 0.5) is 14.5 Å². The second-order valence-electron chi connectivity index (χ2n) is 11.3. The van der Waals surface area contributed by atoms with E-state index in [9.17, 15) is 13.9 Å². The minimum atomic E-state index is -2.58. The van der Waals surface area contributed by atoms with Gasteiger partial charge in [0.05, 0.1) is 0 Å². The summed E-state index contributed by atoms with van der Waals surface area (Å²) in [4.78, 5) is 8.56. The molecule has 0 radical (unpaired) electrons. The van der Waals surface area contributed by atoms with Gasteiger partial charge in [-0.3, -0.25) is 0 Å². The Balaban J connectivity index is 1.31. The molecule has 0 bridgehead atoms. The van der Waals surface area contributed by atoms with Crippen molar-refractivity contribution in [1.82, 2.24) is 24.3 Å². The van der Waals surface area contributed by atoms with Crippen molar-refractivity contribution < 1.29 is 18.6 Å². The fourth-order valence-corrected chi connectivity index (χ4v) is 7.94. The average molecular weight is 596 g/mol. The van der Waals surface area contributed by atoms with Gasteiger partial charge >= 0.3 is 224 Å². The summed E-state index contributed by atoms with van der Waals surface area (Å²) in [6.45, 7) is 4.87. The zero-order valence-corrected chi connectivity index (χ0v) is 23.2. The van der Waals surface area contributed by atoms with E-state index in [4.69, 9.17) is 9.72 Å². The van der Waals surface area contributed by atoms with Gasteiger partial charge in [-0.1, -0.05) is 0 Å². The zero-order valence-electron chi connectivity index (χ0n) is 20.6. The number of halogens is 2. The molecule has 2 saturated carbocycles. The molecule has 7 rings (SSSR count). The number of aliphatic hydroxyl groups excluding tert-OH is 1. The molecule has 3 aromatic rings. The van der Waals surface area contributed by atoms with E-state index < -0.39 is 27.0 Å². The van der Waals surface area contributed by atoms with Crippen LogP contribution in [-0.4, -0.2) is 77.1 Å². The second-order valence-corrected chi connectivity index (χ2v) is 14.3. The first-order chi connectivity index (χ1) is 17.8. The van der Waals surface area contributed by atoms with Crippen molar-refractivity contribution in [1.29, 1.82) is 0 Å². The maximum absolute atomic E-state index is 13.4. The second kappa shape index (κ2) is 8.99. The maximum atomic E-state index is 13.4. The third-order valence-electron chi connectivity index (χ3n) is 8.38. The monoisotopic (exact) mass is 596 g/mol. The molecule has 8 nitrogen and oxygen atoms in total. The van der Waals surface area contributed by atoms with Crippen LogP contribution in [0.25, 0.3) is 15.9 Å². The summed E-state index contributed by atoms with van der Waals surface area (Å²) in [5.74, 6) is 0.340. The van der Waals surface area contributed by atoms with Gasteiger partial charge in [-0.05, 0) is 0 Å². The van der Waals surface area contributed by atoms with Crippen molar-refractivity contribution in [2.24, 2.45) is 5.41 Å². The van der Waals surface area contributed by atoms with Crippen molar-refractivity contribution >= 4 is 37.8 Å². The van der Waals surface area contributed by atoms with Gasteiger partial charge in [0.2, 0.25) is 0 Å². The molecule has 4 aliphatic rings. The van der Waals surface area contributed by atoms with E-state index in [1.54, 1.807) is 11.9 Å². The molecule has 1 unspecified atom stereocenters. The van der Waals surface area contributed by atoms with Crippen molar-refractivity contribution in [3.8, 4) is 10.3 Å². The zero-order chi connectivity index (χ0) is 25.4. The standard InChI is InChI=1S/C25H30F2N6O2SSe/c1-24(4-5-24)31-36-15-10-16(32-8-6-25(7-9-32)13-35-12-17(25)34)21-28-18(14-2-3-14)19(33(21)11-15)22-29-30-23(37-22)20(26)27/h10-11,14,17,20,31,34H,2-9,12-13H2,1H3. The molecule has 5 heterocycles. The van der Waals surface area contributed by atoms with Crippen molar-refractivity contribution in [2.45, 2.75) is 74.3 Å². The van der Waals surface area contributed by atoms with E-state index in [1.165, 1.54) is 0 Å². The van der Waals surface area contributed by atoms with Crippen LogP contribution in [0.15, 0.2) is 17.2 Å². The van der Waals surface area contributed by atoms with E-state index in [1.807, 2.05) is 0 Å². The van der Waals surface area contributed by atoms with Crippen molar-refractivity contribution in [2.75, 3.05) is 31.2 Å². The number of nitrogens with zero attached hydrogens (tertiary/aromatic N) is 5. The molecule has 3 aromatic heterocycles. The number of rotatable bonds is 7. The molecule has 37 heavy (non-hydrogen) atoms. The van der Waals surface area contributed by atoms with Crippen LogP contribution in [0.2, 0.25) is 0 Å². The summed E-state index contributed by atoms with van der Waals surface area (Å²) in [6, 6.07) is 2.20. The first-order valence-electron chi connectivity index (χ1n) is 13.0. The van der Waals surface area contributed by atoms with Crippen LogP contribution in [0.1, 0.15) is 68.1 Å². The van der Waals surface area contributed by atoms with E-state index in [0.717, 1.165) is 79.2 Å². The number of aromatic nitrogens is 4. The number of pyridine rings is 1. The van der Waals surface area contributed by atoms with E-state index >= 15 is 0 Å². The fourth-order valence-electron chi connectivity index (χ4n) is 5.47. The van der Waals surface area contributed by atoms with E-state index in [-0.39, 0.29) is 15.5 Å². The SMILES string of the molecule is CC1(NSc2cc(N3CCC4(CC3)COCC4O)c3nc(C4CC4)c(-c4nnc(C(F)F)[se]4)n3c2)CC1. The predicted molar refractivity (Wildman–Crippen MR) is 137 cm³/mol. The Hall–Kier alpha value is -1.56. The van der Waals surface area contributed by atoms with E-state index in [0.29, 0.717) is 23.7 Å². The van der Waals surface area contributed by atoms with Gasteiger partial charge in [0.1, 0.15) is 0 Å². The first-order valence-corrected chi connectivity index (χ1v) is 15.5. The molecule has 2 saturated heterocycles. The summed E-state index contributed by atoms with van der Waals surface area (Å²) >= 11 is 1.01. The van der Waals surface area contributed by atoms with Gasteiger partial charge in [0.25, 0.3) is 0 Å². The number of nitrogens with one attached hydrogen (secondary N) is 1. The third-order valence-corrected chi connectivity index (χ3v) is 11.4. The molecule has 198 valence electrons. The molecule has 2 aliphatic carbocycles. The predicted octanol–water partition coefficient (Wildman–Crippen LogP) is 3.79. The molecule has 2 aliphatic heterocycles. The molecule has 12 heteroatoms. The third kappa shape index (κ3) is 4.43. The van der Waals surface area contributed by atoms with Gasteiger partial charge in [-0.15, -0.1) is 0 Å². The summed E-state index contributed by atoms with van der Waals surface area (Å²) in [5.41, 5.74) is 3.71. The Morgan fingerprint density at radius 2 is 2.00 bits per heavy atom.